The molecule has 1 aliphatic rings. The van der Waals surface area contributed by atoms with Crippen molar-refractivity contribution < 1.29 is 28.6 Å². The molecule has 1 fully saturated rings. The van der Waals surface area contributed by atoms with Gasteiger partial charge in [-0.15, -0.1) is 0 Å². The number of aromatic nitrogens is 2. The minimum absolute atomic E-state index is 0.00976. The van der Waals surface area contributed by atoms with Gasteiger partial charge in [-0.3, -0.25) is 4.79 Å². The molecule has 1 heterocycles. The second kappa shape index (κ2) is 8.20. The van der Waals surface area contributed by atoms with E-state index in [0.717, 1.165) is 0 Å². The van der Waals surface area contributed by atoms with E-state index in [1.165, 1.54) is 32.2 Å². The Morgan fingerprint density at radius 2 is 1.88 bits per heavy atom. The lowest BCUT2D eigenvalue weighted by molar-refractivity contribution is -0.147. The zero-order valence-corrected chi connectivity index (χ0v) is 17.9. The third kappa shape index (κ3) is 4.13. The van der Waals surface area contributed by atoms with Gasteiger partial charge < -0.3 is 14.6 Å². The largest absolute Gasteiger partial charge is 0.496 e. The molecule has 0 saturated heterocycles. The van der Waals surface area contributed by atoms with Crippen molar-refractivity contribution in [2.75, 3.05) is 7.11 Å². The van der Waals surface area contributed by atoms with Gasteiger partial charge in [-0.25, -0.2) is 14.2 Å². The lowest BCUT2D eigenvalue weighted by Crippen LogP contribution is -2.29. The van der Waals surface area contributed by atoms with Gasteiger partial charge in [-0.1, -0.05) is 11.6 Å². The summed E-state index contributed by atoms with van der Waals surface area (Å²) in [5, 5.41) is 9.44. The van der Waals surface area contributed by atoms with Crippen molar-refractivity contribution in [3.05, 3.63) is 58.9 Å². The summed E-state index contributed by atoms with van der Waals surface area (Å²) in [5.41, 5.74) is 0.204. The van der Waals surface area contributed by atoms with Crippen LogP contribution in [0.15, 0.2) is 42.5 Å². The number of benzene rings is 2. The second-order valence-corrected chi connectivity index (χ2v) is 7.82. The van der Waals surface area contributed by atoms with Gasteiger partial charge in [-0.2, -0.15) is 4.98 Å². The predicted octanol–water partition coefficient (Wildman–Crippen LogP) is 4.81. The molecule has 1 N–H and O–H groups in total. The predicted molar refractivity (Wildman–Crippen MR) is 115 cm³/mol. The molecule has 0 aliphatic heterocycles. The molecule has 1 aliphatic carbocycles. The third-order valence-corrected chi connectivity index (χ3v) is 5.46. The summed E-state index contributed by atoms with van der Waals surface area (Å²) in [4.78, 5) is 32.3. The van der Waals surface area contributed by atoms with Crippen molar-refractivity contribution >= 4 is 23.4 Å². The molecule has 4 rings (SSSR count). The first-order chi connectivity index (χ1) is 15.2. The molecular weight excluding hydrogens is 439 g/mol. The number of carboxylic acid groups (broad SMARTS) is 1. The van der Waals surface area contributed by atoms with Crippen LogP contribution >= 0.6 is 11.6 Å². The van der Waals surface area contributed by atoms with Crippen LogP contribution in [0.25, 0.3) is 22.6 Å². The molecule has 0 unspecified atom stereocenters. The first kappa shape index (κ1) is 21.7. The molecule has 0 radical (unpaired) electrons. The first-order valence-electron chi connectivity index (χ1n) is 9.69. The molecule has 0 bridgehead atoms. The Labute approximate surface area is 187 Å². The Morgan fingerprint density at radius 3 is 2.47 bits per heavy atom. The fourth-order valence-electron chi connectivity index (χ4n) is 3.18. The number of halogens is 2. The molecule has 32 heavy (non-hydrogen) atoms. The third-order valence-electron chi connectivity index (χ3n) is 5.16. The SMILES string of the molecule is COc1ccc(C(C)=O)cc1-c1cc(OC2(C(=O)O)CC2)nc(-c2ccc(Cl)c(F)c2)n1. The summed E-state index contributed by atoms with van der Waals surface area (Å²) < 4.78 is 25.2. The van der Waals surface area contributed by atoms with Crippen molar-refractivity contribution in [3.8, 4) is 34.3 Å². The highest BCUT2D eigenvalue weighted by atomic mass is 35.5. The van der Waals surface area contributed by atoms with Gasteiger partial charge >= 0.3 is 5.97 Å². The average Bonchev–Trinajstić information content (AvgIpc) is 3.55. The molecule has 2 aromatic carbocycles. The normalized spacial score (nSPS) is 14.0. The number of hydrogen-bond acceptors (Lipinski definition) is 6. The lowest BCUT2D eigenvalue weighted by atomic mass is 10.0. The van der Waals surface area contributed by atoms with E-state index in [2.05, 4.69) is 9.97 Å². The van der Waals surface area contributed by atoms with Crippen molar-refractivity contribution in [1.29, 1.82) is 0 Å². The number of aliphatic carboxylic acids is 1. The molecule has 9 heteroatoms. The molecule has 0 spiro atoms. The van der Waals surface area contributed by atoms with E-state index in [1.807, 2.05) is 0 Å². The summed E-state index contributed by atoms with van der Waals surface area (Å²) in [6, 6.07) is 10.4. The molecule has 3 aromatic rings. The van der Waals surface area contributed by atoms with E-state index >= 15 is 0 Å². The Hall–Kier alpha value is -3.52. The van der Waals surface area contributed by atoms with Crippen molar-refractivity contribution in [3.63, 3.8) is 0 Å². The molecule has 7 nitrogen and oxygen atoms in total. The highest BCUT2D eigenvalue weighted by Crippen LogP contribution is 2.41. The van der Waals surface area contributed by atoms with E-state index in [1.54, 1.807) is 24.3 Å². The van der Waals surface area contributed by atoms with Crippen molar-refractivity contribution in [2.24, 2.45) is 0 Å². The fourth-order valence-corrected chi connectivity index (χ4v) is 3.30. The number of rotatable bonds is 7. The summed E-state index contributed by atoms with van der Waals surface area (Å²) in [7, 11) is 1.48. The van der Waals surface area contributed by atoms with Crippen molar-refractivity contribution in [2.45, 2.75) is 25.4 Å². The van der Waals surface area contributed by atoms with Crippen LogP contribution in [-0.2, 0) is 4.79 Å². The average molecular weight is 457 g/mol. The molecule has 1 saturated carbocycles. The Morgan fingerprint density at radius 1 is 1.12 bits per heavy atom. The Balaban J connectivity index is 1.89. The molecule has 164 valence electrons. The number of carbonyl (C=O) groups is 2. The van der Waals surface area contributed by atoms with E-state index in [-0.39, 0.29) is 22.5 Å². The number of Topliss-reactive ketones (excluding diaryl/α,β-unsaturated/α-hetero) is 1. The van der Waals surface area contributed by atoms with Gasteiger partial charge in [0.15, 0.2) is 11.6 Å². The zero-order chi connectivity index (χ0) is 23.0. The Kier molecular flexibility index (Phi) is 5.56. The number of methoxy groups -OCH3 is 1. The molecule has 0 amide bonds. The van der Waals surface area contributed by atoms with Gasteiger partial charge in [0.1, 0.15) is 11.6 Å². The minimum Gasteiger partial charge on any atom is -0.496 e. The maximum Gasteiger partial charge on any atom is 0.348 e. The highest BCUT2D eigenvalue weighted by Gasteiger charge is 2.54. The fraction of sp³-hybridized carbons (Fsp3) is 0.217. The van der Waals surface area contributed by atoms with Crippen LogP contribution < -0.4 is 9.47 Å². The molecular formula is C23H18ClFN2O5. The summed E-state index contributed by atoms with van der Waals surface area (Å²) in [6.07, 6.45) is 0.686. The van der Waals surface area contributed by atoms with Gasteiger partial charge in [0.05, 0.1) is 17.8 Å². The number of carboxylic acids is 1. The van der Waals surface area contributed by atoms with Crippen LogP contribution in [0.2, 0.25) is 5.02 Å². The summed E-state index contributed by atoms with van der Waals surface area (Å²) in [6.45, 7) is 1.44. The van der Waals surface area contributed by atoms with E-state index in [0.29, 0.717) is 41.0 Å². The van der Waals surface area contributed by atoms with Crippen LogP contribution in [0.5, 0.6) is 11.6 Å². The van der Waals surface area contributed by atoms with E-state index < -0.39 is 17.4 Å². The summed E-state index contributed by atoms with van der Waals surface area (Å²) in [5.74, 6) is -1.34. The summed E-state index contributed by atoms with van der Waals surface area (Å²) >= 11 is 5.79. The topological polar surface area (TPSA) is 98.6 Å². The molecule has 1 aromatic heterocycles. The van der Waals surface area contributed by atoms with Gasteiger partial charge in [0.25, 0.3) is 0 Å². The number of carbonyl (C=O) groups excluding carboxylic acids is 1. The van der Waals surface area contributed by atoms with Crippen LogP contribution in [0.1, 0.15) is 30.1 Å². The zero-order valence-electron chi connectivity index (χ0n) is 17.2. The monoisotopic (exact) mass is 456 g/mol. The second-order valence-electron chi connectivity index (χ2n) is 7.42. The lowest BCUT2D eigenvalue weighted by Gasteiger charge is -2.16. The van der Waals surface area contributed by atoms with Crippen LogP contribution in [0.4, 0.5) is 4.39 Å². The van der Waals surface area contributed by atoms with Crippen LogP contribution in [0.3, 0.4) is 0 Å². The standard InChI is InChI=1S/C23H18ClFN2O5/c1-12(28)13-4-6-19(31-2)15(9-13)18-11-20(32-23(7-8-23)22(29)30)27-21(26-18)14-3-5-16(24)17(25)10-14/h3-6,9-11H,7-8H2,1-2H3,(H,29,30). The minimum atomic E-state index is -1.35. The Bertz CT molecular complexity index is 1240. The van der Waals surface area contributed by atoms with Gasteiger partial charge in [-0.05, 0) is 43.3 Å². The smallest absolute Gasteiger partial charge is 0.348 e. The number of ketones is 1. The number of hydrogen-bond donors (Lipinski definition) is 1. The van der Waals surface area contributed by atoms with Crippen LogP contribution in [-0.4, -0.2) is 39.5 Å². The number of ether oxygens (including phenoxy) is 2. The van der Waals surface area contributed by atoms with Crippen molar-refractivity contribution in [1.82, 2.24) is 9.97 Å². The molecule has 0 atom stereocenters. The maximum atomic E-state index is 14.1. The van der Waals surface area contributed by atoms with Crippen LogP contribution in [0, 0.1) is 5.82 Å². The maximum absolute atomic E-state index is 14.1. The van der Waals surface area contributed by atoms with Gasteiger partial charge in [0, 0.05) is 35.6 Å². The van der Waals surface area contributed by atoms with Gasteiger partial charge in [0.2, 0.25) is 11.5 Å². The quantitative estimate of drug-likeness (QED) is 0.509. The highest BCUT2D eigenvalue weighted by molar-refractivity contribution is 6.30. The van der Waals surface area contributed by atoms with E-state index in [4.69, 9.17) is 21.1 Å². The van der Waals surface area contributed by atoms with E-state index in [9.17, 15) is 19.1 Å². The number of nitrogens with zero attached hydrogens (tertiary/aromatic N) is 2. The first-order valence-corrected chi connectivity index (χ1v) is 10.1.